The van der Waals surface area contributed by atoms with Crippen molar-refractivity contribution in [2.45, 2.75) is 49.1 Å². The number of carbonyl (C=O) groups excluding carboxylic acids is 1. The maximum absolute atomic E-state index is 12.0. The third kappa shape index (κ3) is 3.16. The van der Waals surface area contributed by atoms with Crippen molar-refractivity contribution in [1.82, 2.24) is 4.90 Å². The Morgan fingerprint density at radius 2 is 2.12 bits per heavy atom. The highest BCUT2D eigenvalue weighted by Crippen LogP contribution is 2.33. The van der Waals surface area contributed by atoms with Crippen molar-refractivity contribution >= 4 is 33.6 Å². The third-order valence-electron chi connectivity index (χ3n) is 3.67. The van der Waals surface area contributed by atoms with Crippen LogP contribution in [-0.4, -0.2) is 39.7 Å². The zero-order valence-corrected chi connectivity index (χ0v) is 12.9. The molecule has 1 rings (SSSR count). The van der Waals surface area contributed by atoms with Gasteiger partial charge in [-0.05, 0) is 31.9 Å². The lowest BCUT2D eigenvalue weighted by atomic mass is 9.99. The summed E-state index contributed by atoms with van der Waals surface area (Å²) in [4.78, 5) is 14.1. The topological polar surface area (TPSA) is 20.3 Å². The molecule has 0 aromatic carbocycles. The van der Waals surface area contributed by atoms with E-state index < -0.39 is 0 Å². The van der Waals surface area contributed by atoms with Crippen LogP contribution in [0, 0.1) is 0 Å². The third-order valence-corrected chi connectivity index (χ3v) is 6.09. The normalized spacial score (nSPS) is 22.6. The molecule has 0 aromatic rings. The van der Waals surface area contributed by atoms with Crippen LogP contribution in [0.2, 0.25) is 0 Å². The molecule has 0 saturated carbocycles. The fourth-order valence-corrected chi connectivity index (χ4v) is 3.70. The Labute approximate surface area is 112 Å². The minimum atomic E-state index is 0.0505. The molecule has 1 saturated heterocycles. The van der Waals surface area contributed by atoms with E-state index in [2.05, 4.69) is 36.0 Å². The van der Waals surface area contributed by atoms with E-state index >= 15 is 0 Å². The van der Waals surface area contributed by atoms with Gasteiger partial charge in [-0.1, -0.05) is 29.8 Å². The Bertz CT molecular complexity index is 235. The first-order chi connectivity index (χ1) is 7.58. The van der Waals surface area contributed by atoms with Gasteiger partial charge >= 0.3 is 0 Å². The molecule has 1 fully saturated rings. The van der Waals surface area contributed by atoms with E-state index in [9.17, 15) is 4.79 Å². The van der Waals surface area contributed by atoms with Gasteiger partial charge in [0.05, 0.1) is 4.83 Å². The molecular weight excluding hydrogens is 286 g/mol. The molecule has 16 heavy (non-hydrogen) atoms. The Morgan fingerprint density at radius 3 is 2.62 bits per heavy atom. The van der Waals surface area contributed by atoms with Gasteiger partial charge in [-0.15, -0.1) is 0 Å². The van der Waals surface area contributed by atoms with E-state index in [1.807, 2.05) is 16.7 Å². The van der Waals surface area contributed by atoms with Gasteiger partial charge < -0.3 is 4.90 Å². The van der Waals surface area contributed by atoms with Gasteiger partial charge in [-0.25, -0.2) is 0 Å². The van der Waals surface area contributed by atoms with Crippen molar-refractivity contribution in [2.24, 2.45) is 0 Å². The quantitative estimate of drug-likeness (QED) is 0.726. The second-order valence-electron chi connectivity index (χ2n) is 4.46. The highest BCUT2D eigenvalue weighted by molar-refractivity contribution is 9.10. The summed E-state index contributed by atoms with van der Waals surface area (Å²) in [6, 6.07) is 0. The number of alkyl halides is 1. The molecule has 1 aliphatic rings. The summed E-state index contributed by atoms with van der Waals surface area (Å²) in [5.74, 6) is 0.284. The predicted octanol–water partition coefficient (Wildman–Crippen LogP) is 3.29. The molecule has 1 amide bonds. The predicted molar refractivity (Wildman–Crippen MR) is 75.4 cm³/mol. The lowest BCUT2D eigenvalue weighted by molar-refractivity contribution is -0.132. The van der Waals surface area contributed by atoms with E-state index in [4.69, 9.17) is 0 Å². The fourth-order valence-electron chi connectivity index (χ4n) is 2.22. The number of amides is 1. The first-order valence-corrected chi connectivity index (χ1v) is 8.20. The molecule has 0 N–H and O–H groups in total. The van der Waals surface area contributed by atoms with Crippen LogP contribution in [0.15, 0.2) is 0 Å². The number of thioether (sulfide) groups is 1. The summed E-state index contributed by atoms with van der Waals surface area (Å²) >= 11 is 5.37. The number of halogens is 1. The second kappa shape index (κ2) is 6.29. The fraction of sp³-hybridized carbons (Fsp3) is 0.917. The summed E-state index contributed by atoms with van der Waals surface area (Å²) < 4.78 is 0.250. The molecule has 1 unspecified atom stereocenters. The summed E-state index contributed by atoms with van der Waals surface area (Å²) in [5.41, 5.74) is 0. The van der Waals surface area contributed by atoms with Crippen LogP contribution >= 0.6 is 27.7 Å². The molecule has 0 radical (unpaired) electrons. The van der Waals surface area contributed by atoms with Crippen LogP contribution < -0.4 is 0 Å². The molecule has 4 heteroatoms. The molecule has 1 aliphatic heterocycles. The standard InChI is InChI=1S/C12H22BrNOS/c1-4-12(5-2,16-3)9-14-8-6-7-10(13)11(14)15/h10H,4-9H2,1-3H3. The molecule has 1 atom stereocenters. The Kier molecular flexibility index (Phi) is 5.65. The number of likely N-dealkylation sites (tertiary alicyclic amines) is 1. The Balaban J connectivity index is 2.67. The zero-order chi connectivity index (χ0) is 12.2. The molecule has 0 aliphatic carbocycles. The van der Waals surface area contributed by atoms with E-state index in [0.717, 1.165) is 38.8 Å². The van der Waals surface area contributed by atoms with Gasteiger partial charge in [0.2, 0.25) is 5.91 Å². The van der Waals surface area contributed by atoms with E-state index in [1.54, 1.807) is 0 Å². The van der Waals surface area contributed by atoms with Crippen LogP contribution in [0.5, 0.6) is 0 Å². The largest absolute Gasteiger partial charge is 0.340 e. The maximum Gasteiger partial charge on any atom is 0.236 e. The molecule has 1 heterocycles. The molecule has 94 valence electrons. The van der Waals surface area contributed by atoms with Gasteiger partial charge in [0.25, 0.3) is 0 Å². The van der Waals surface area contributed by atoms with Gasteiger partial charge in [0.1, 0.15) is 0 Å². The highest BCUT2D eigenvalue weighted by Gasteiger charge is 2.33. The Morgan fingerprint density at radius 1 is 1.50 bits per heavy atom. The smallest absolute Gasteiger partial charge is 0.236 e. The van der Waals surface area contributed by atoms with Crippen molar-refractivity contribution in [3.8, 4) is 0 Å². The van der Waals surface area contributed by atoms with Crippen molar-refractivity contribution in [2.75, 3.05) is 19.3 Å². The minimum absolute atomic E-state index is 0.0505. The van der Waals surface area contributed by atoms with Gasteiger partial charge in [-0.3, -0.25) is 4.79 Å². The monoisotopic (exact) mass is 307 g/mol. The number of rotatable bonds is 5. The van der Waals surface area contributed by atoms with Crippen LogP contribution in [-0.2, 0) is 4.79 Å². The van der Waals surface area contributed by atoms with Gasteiger partial charge in [0.15, 0.2) is 0 Å². The van der Waals surface area contributed by atoms with Crippen LogP contribution in [0.3, 0.4) is 0 Å². The summed E-state index contributed by atoms with van der Waals surface area (Å²) in [7, 11) is 0. The number of hydrogen-bond donors (Lipinski definition) is 0. The van der Waals surface area contributed by atoms with E-state index in [-0.39, 0.29) is 15.5 Å². The average molecular weight is 308 g/mol. The van der Waals surface area contributed by atoms with Gasteiger partial charge in [-0.2, -0.15) is 11.8 Å². The highest BCUT2D eigenvalue weighted by atomic mass is 79.9. The number of nitrogens with zero attached hydrogens (tertiary/aromatic N) is 1. The SMILES string of the molecule is CCC(CC)(CN1CCCC(Br)C1=O)SC. The first kappa shape index (κ1) is 14.4. The van der Waals surface area contributed by atoms with E-state index in [0.29, 0.717) is 0 Å². The van der Waals surface area contributed by atoms with Crippen molar-refractivity contribution in [3.05, 3.63) is 0 Å². The second-order valence-corrected chi connectivity index (χ2v) is 6.84. The lowest BCUT2D eigenvalue weighted by Gasteiger charge is -2.38. The van der Waals surface area contributed by atoms with Crippen molar-refractivity contribution < 1.29 is 4.79 Å². The molecule has 0 bridgehead atoms. The maximum atomic E-state index is 12.0. The molecular formula is C12H22BrNOS. The van der Waals surface area contributed by atoms with Crippen LogP contribution in [0.25, 0.3) is 0 Å². The first-order valence-electron chi connectivity index (χ1n) is 6.06. The van der Waals surface area contributed by atoms with Crippen LogP contribution in [0.1, 0.15) is 39.5 Å². The zero-order valence-electron chi connectivity index (χ0n) is 10.5. The Hall–Kier alpha value is 0.300. The summed E-state index contributed by atoms with van der Waals surface area (Å²) in [5, 5.41) is 0. The summed E-state index contributed by atoms with van der Waals surface area (Å²) in [6.45, 7) is 6.28. The van der Waals surface area contributed by atoms with Crippen molar-refractivity contribution in [1.29, 1.82) is 0 Å². The van der Waals surface area contributed by atoms with Crippen LogP contribution in [0.4, 0.5) is 0 Å². The number of piperidine rings is 1. The summed E-state index contributed by atoms with van der Waals surface area (Å²) in [6.07, 6.45) is 6.52. The minimum Gasteiger partial charge on any atom is -0.340 e. The average Bonchev–Trinajstić information content (AvgIpc) is 2.32. The number of carbonyl (C=O) groups is 1. The molecule has 2 nitrogen and oxygen atoms in total. The molecule has 0 aromatic heterocycles. The molecule has 0 spiro atoms. The number of hydrogen-bond acceptors (Lipinski definition) is 2. The lowest BCUT2D eigenvalue weighted by Crippen LogP contribution is -2.48. The van der Waals surface area contributed by atoms with E-state index in [1.165, 1.54) is 0 Å². The van der Waals surface area contributed by atoms with Crippen molar-refractivity contribution in [3.63, 3.8) is 0 Å². The van der Waals surface area contributed by atoms with Gasteiger partial charge in [0, 0.05) is 17.8 Å².